The van der Waals surface area contributed by atoms with Crippen molar-refractivity contribution in [2.45, 2.75) is 12.8 Å². The van der Waals surface area contributed by atoms with Gasteiger partial charge in [0.2, 0.25) is 0 Å². The van der Waals surface area contributed by atoms with Gasteiger partial charge in [0.05, 0.1) is 4.92 Å². The summed E-state index contributed by atoms with van der Waals surface area (Å²) in [5.74, 6) is -0.671. The van der Waals surface area contributed by atoms with E-state index in [1.165, 1.54) is 6.07 Å². The van der Waals surface area contributed by atoms with Crippen LogP contribution in [0.5, 0.6) is 0 Å². The molecule has 2 amide bonds. The number of nitro groups is 1. The first-order valence-corrected chi connectivity index (χ1v) is 10.3. The van der Waals surface area contributed by atoms with Crippen molar-refractivity contribution in [1.29, 1.82) is 0 Å². The Morgan fingerprint density at radius 2 is 1.34 bits per heavy atom. The molecule has 0 atom stereocenters. The van der Waals surface area contributed by atoms with Gasteiger partial charge in [-0.2, -0.15) is 0 Å². The molecule has 2 N–H and O–H groups in total. The molecule has 1 aliphatic rings. The van der Waals surface area contributed by atoms with E-state index in [4.69, 9.17) is 0 Å². The number of carbonyl (C=O) groups is 2. The van der Waals surface area contributed by atoms with Crippen LogP contribution in [0.1, 0.15) is 33.6 Å². The fourth-order valence-electron chi connectivity index (χ4n) is 3.67. The lowest BCUT2D eigenvalue weighted by atomic mass is 10.1. The Balaban J connectivity index is 1.44. The first kappa shape index (κ1) is 21.0. The number of carbonyl (C=O) groups excluding carboxylic acids is 2. The molecular weight excluding hydrogens is 408 g/mol. The topological polar surface area (TPSA) is 105 Å². The molecule has 0 saturated carbocycles. The Labute approximate surface area is 185 Å². The largest absolute Gasteiger partial charge is 0.366 e. The van der Waals surface area contributed by atoms with Crippen LogP contribution in [0.15, 0.2) is 72.8 Å². The molecule has 1 heterocycles. The molecule has 1 saturated heterocycles. The fraction of sp³-hybridized carbons (Fsp3) is 0.167. The van der Waals surface area contributed by atoms with Gasteiger partial charge in [0.1, 0.15) is 5.69 Å². The third-order valence-electron chi connectivity index (χ3n) is 5.32. The molecule has 0 spiro atoms. The summed E-state index contributed by atoms with van der Waals surface area (Å²) in [6, 6.07) is 20.1. The van der Waals surface area contributed by atoms with E-state index in [1.807, 2.05) is 11.0 Å². The van der Waals surface area contributed by atoms with Crippen molar-refractivity contribution in [3.8, 4) is 0 Å². The summed E-state index contributed by atoms with van der Waals surface area (Å²) in [5, 5.41) is 17.1. The molecule has 1 fully saturated rings. The molecule has 3 aromatic carbocycles. The van der Waals surface area contributed by atoms with Gasteiger partial charge >= 0.3 is 0 Å². The minimum absolute atomic E-state index is 0.0708. The molecule has 0 unspecified atom stereocenters. The van der Waals surface area contributed by atoms with Gasteiger partial charge in [0.15, 0.2) is 0 Å². The standard InChI is InChI=1S/C24H22N4O4/c29-23(17-6-2-1-3-7-17)25-19-9-11-20(12-10-19)26-24(30)18-8-13-21(22(16-18)28(31)32)27-14-4-5-15-27/h1-3,6-13,16H,4-5,14-15H2,(H,25,29)(H,26,30). The number of anilines is 3. The van der Waals surface area contributed by atoms with E-state index in [-0.39, 0.29) is 17.2 Å². The van der Waals surface area contributed by atoms with E-state index < -0.39 is 10.8 Å². The number of amides is 2. The van der Waals surface area contributed by atoms with Crippen molar-refractivity contribution in [3.05, 3.63) is 94.0 Å². The Bertz CT molecular complexity index is 1140. The summed E-state index contributed by atoms with van der Waals surface area (Å²) in [6.45, 7) is 1.55. The molecular formula is C24H22N4O4. The van der Waals surface area contributed by atoms with E-state index >= 15 is 0 Å². The van der Waals surface area contributed by atoms with Gasteiger partial charge in [-0.3, -0.25) is 19.7 Å². The monoisotopic (exact) mass is 430 g/mol. The molecule has 0 aromatic heterocycles. The Morgan fingerprint density at radius 1 is 0.781 bits per heavy atom. The number of hydrogen-bond acceptors (Lipinski definition) is 5. The first-order valence-electron chi connectivity index (χ1n) is 10.3. The number of benzene rings is 3. The molecule has 0 bridgehead atoms. The zero-order valence-corrected chi connectivity index (χ0v) is 17.3. The Kier molecular flexibility index (Phi) is 6.12. The maximum Gasteiger partial charge on any atom is 0.293 e. The molecule has 162 valence electrons. The van der Waals surface area contributed by atoms with E-state index in [0.717, 1.165) is 25.9 Å². The van der Waals surface area contributed by atoms with Crippen LogP contribution in [0.4, 0.5) is 22.7 Å². The molecule has 3 aromatic rings. The number of nitro benzene ring substituents is 1. The Hall–Kier alpha value is -4.20. The smallest absolute Gasteiger partial charge is 0.293 e. The van der Waals surface area contributed by atoms with Crippen molar-refractivity contribution in [2.24, 2.45) is 0 Å². The van der Waals surface area contributed by atoms with Crippen molar-refractivity contribution >= 4 is 34.6 Å². The molecule has 0 aliphatic carbocycles. The van der Waals surface area contributed by atoms with Gasteiger partial charge in [0.25, 0.3) is 17.5 Å². The van der Waals surface area contributed by atoms with Crippen LogP contribution < -0.4 is 15.5 Å². The van der Waals surface area contributed by atoms with Crippen LogP contribution in [0, 0.1) is 10.1 Å². The predicted octanol–water partition coefficient (Wildman–Crippen LogP) is 4.70. The minimum Gasteiger partial charge on any atom is -0.366 e. The second-order valence-corrected chi connectivity index (χ2v) is 7.51. The predicted molar refractivity (Wildman–Crippen MR) is 123 cm³/mol. The number of nitrogens with one attached hydrogen (secondary N) is 2. The zero-order chi connectivity index (χ0) is 22.5. The van der Waals surface area contributed by atoms with Crippen LogP contribution in [-0.4, -0.2) is 29.8 Å². The maximum absolute atomic E-state index is 12.7. The molecule has 32 heavy (non-hydrogen) atoms. The molecule has 1 aliphatic heterocycles. The van der Waals surface area contributed by atoms with Crippen LogP contribution in [0.3, 0.4) is 0 Å². The molecule has 4 rings (SSSR count). The van der Waals surface area contributed by atoms with E-state index in [0.29, 0.717) is 22.6 Å². The van der Waals surface area contributed by atoms with Crippen LogP contribution in [-0.2, 0) is 0 Å². The summed E-state index contributed by atoms with van der Waals surface area (Å²) in [4.78, 5) is 38.0. The first-order chi connectivity index (χ1) is 15.5. The average Bonchev–Trinajstić information content (AvgIpc) is 3.35. The van der Waals surface area contributed by atoms with Crippen LogP contribution >= 0.6 is 0 Å². The van der Waals surface area contributed by atoms with Crippen LogP contribution in [0.2, 0.25) is 0 Å². The molecule has 0 radical (unpaired) electrons. The van der Waals surface area contributed by atoms with E-state index in [1.54, 1.807) is 60.7 Å². The summed E-state index contributed by atoms with van der Waals surface area (Å²) in [6.07, 6.45) is 2.00. The number of rotatable bonds is 6. The number of nitrogens with zero attached hydrogens (tertiary/aromatic N) is 2. The van der Waals surface area contributed by atoms with Crippen LogP contribution in [0.25, 0.3) is 0 Å². The Morgan fingerprint density at radius 3 is 1.91 bits per heavy atom. The summed E-state index contributed by atoms with van der Waals surface area (Å²) in [7, 11) is 0. The van der Waals surface area contributed by atoms with E-state index in [9.17, 15) is 19.7 Å². The second kappa shape index (κ2) is 9.30. The average molecular weight is 430 g/mol. The summed E-state index contributed by atoms with van der Waals surface area (Å²) >= 11 is 0. The lowest BCUT2D eigenvalue weighted by molar-refractivity contribution is -0.384. The van der Waals surface area contributed by atoms with Gasteiger partial charge in [0, 0.05) is 41.7 Å². The number of hydrogen-bond donors (Lipinski definition) is 2. The summed E-state index contributed by atoms with van der Waals surface area (Å²) in [5.41, 5.74) is 2.33. The third-order valence-corrected chi connectivity index (χ3v) is 5.32. The van der Waals surface area contributed by atoms with Gasteiger partial charge in [-0.15, -0.1) is 0 Å². The minimum atomic E-state index is -0.450. The van der Waals surface area contributed by atoms with Crippen molar-refractivity contribution in [2.75, 3.05) is 28.6 Å². The lowest BCUT2D eigenvalue weighted by Crippen LogP contribution is -2.19. The normalized spacial score (nSPS) is 12.9. The fourth-order valence-corrected chi connectivity index (χ4v) is 3.67. The molecule has 8 nitrogen and oxygen atoms in total. The highest BCUT2D eigenvalue weighted by molar-refractivity contribution is 6.06. The third kappa shape index (κ3) is 4.75. The van der Waals surface area contributed by atoms with Crippen molar-refractivity contribution in [3.63, 3.8) is 0 Å². The quantitative estimate of drug-likeness (QED) is 0.436. The van der Waals surface area contributed by atoms with Crippen molar-refractivity contribution < 1.29 is 14.5 Å². The molecule has 8 heteroatoms. The van der Waals surface area contributed by atoms with Gasteiger partial charge in [-0.05, 0) is 61.4 Å². The lowest BCUT2D eigenvalue weighted by Gasteiger charge is -2.17. The highest BCUT2D eigenvalue weighted by Gasteiger charge is 2.24. The highest BCUT2D eigenvalue weighted by Crippen LogP contribution is 2.32. The second-order valence-electron chi connectivity index (χ2n) is 7.51. The SMILES string of the molecule is O=C(Nc1ccc(NC(=O)c2ccc(N3CCCC3)c([N+](=O)[O-])c2)cc1)c1ccccc1. The van der Waals surface area contributed by atoms with Gasteiger partial charge in [-0.25, -0.2) is 0 Å². The summed E-state index contributed by atoms with van der Waals surface area (Å²) < 4.78 is 0. The zero-order valence-electron chi connectivity index (χ0n) is 17.3. The highest BCUT2D eigenvalue weighted by atomic mass is 16.6. The van der Waals surface area contributed by atoms with Crippen molar-refractivity contribution in [1.82, 2.24) is 0 Å². The van der Waals surface area contributed by atoms with Gasteiger partial charge < -0.3 is 15.5 Å². The van der Waals surface area contributed by atoms with Gasteiger partial charge in [-0.1, -0.05) is 18.2 Å². The van der Waals surface area contributed by atoms with E-state index in [2.05, 4.69) is 10.6 Å². The maximum atomic E-state index is 12.7.